The molecule has 5 nitrogen and oxygen atoms in total. The second-order valence-electron chi connectivity index (χ2n) is 7.18. The Kier molecular flexibility index (Phi) is 7.42. The monoisotopic (exact) mass is 462 g/mol. The van der Waals surface area contributed by atoms with Crippen molar-refractivity contribution in [2.24, 2.45) is 0 Å². The van der Waals surface area contributed by atoms with Crippen molar-refractivity contribution in [1.29, 1.82) is 0 Å². The molecule has 9 heteroatoms. The first kappa shape index (κ1) is 23.9. The number of anilines is 1. The largest absolute Gasteiger partial charge is 0.493 e. The van der Waals surface area contributed by atoms with Gasteiger partial charge < -0.3 is 19.7 Å². The number of nitrogens with one attached hydrogen (secondary N) is 1. The van der Waals surface area contributed by atoms with Crippen LogP contribution in [0.1, 0.15) is 16.7 Å². The van der Waals surface area contributed by atoms with Crippen molar-refractivity contribution in [1.82, 2.24) is 4.90 Å². The van der Waals surface area contributed by atoms with Crippen LogP contribution in [-0.2, 0) is 19.3 Å². The molecule has 3 rings (SSSR count). The molecule has 0 fully saturated rings. The number of halogens is 4. The molecule has 174 valence electrons. The van der Waals surface area contributed by atoms with Gasteiger partial charge in [0, 0.05) is 24.8 Å². The number of carbonyl (C=O) groups excluding carboxylic acids is 1. The maximum Gasteiger partial charge on any atom is 0.416 e. The van der Waals surface area contributed by atoms with E-state index >= 15 is 0 Å². The van der Waals surface area contributed by atoms with Crippen LogP contribution in [0.2, 0.25) is 0 Å². The Bertz CT molecular complexity index is 1100. The van der Waals surface area contributed by atoms with Gasteiger partial charge in [-0.3, -0.25) is 0 Å². The molecule has 0 bridgehead atoms. The van der Waals surface area contributed by atoms with E-state index in [1.54, 1.807) is 18.2 Å². The third-order valence-electron chi connectivity index (χ3n) is 4.84. The number of hydrogen-bond acceptors (Lipinski definition) is 3. The van der Waals surface area contributed by atoms with E-state index in [-0.39, 0.29) is 13.1 Å². The minimum atomic E-state index is -4.50. The molecule has 3 aromatic carbocycles. The molecule has 0 aromatic heterocycles. The van der Waals surface area contributed by atoms with Crippen molar-refractivity contribution in [2.45, 2.75) is 19.3 Å². The van der Waals surface area contributed by atoms with Crippen molar-refractivity contribution in [3.63, 3.8) is 0 Å². The number of methoxy groups -OCH3 is 2. The molecule has 2 amide bonds. The fraction of sp³-hybridized carbons (Fsp3) is 0.208. The Hall–Kier alpha value is -3.75. The smallest absolute Gasteiger partial charge is 0.416 e. The first-order valence-electron chi connectivity index (χ1n) is 9.88. The quantitative estimate of drug-likeness (QED) is 0.432. The molecule has 0 heterocycles. The first-order chi connectivity index (χ1) is 15.7. The van der Waals surface area contributed by atoms with Crippen molar-refractivity contribution in [3.8, 4) is 11.5 Å². The summed E-state index contributed by atoms with van der Waals surface area (Å²) >= 11 is 0. The van der Waals surface area contributed by atoms with Gasteiger partial charge in [-0.15, -0.1) is 0 Å². The summed E-state index contributed by atoms with van der Waals surface area (Å²) in [4.78, 5) is 14.4. The van der Waals surface area contributed by atoms with Crippen LogP contribution in [0.3, 0.4) is 0 Å². The summed E-state index contributed by atoms with van der Waals surface area (Å²) in [6.45, 7) is -0.0456. The van der Waals surface area contributed by atoms with Gasteiger partial charge in [0.15, 0.2) is 11.5 Å². The highest BCUT2D eigenvalue weighted by Gasteiger charge is 2.30. The molecule has 0 saturated heterocycles. The number of amides is 2. The van der Waals surface area contributed by atoms with Crippen LogP contribution in [0.4, 0.5) is 28.0 Å². The lowest BCUT2D eigenvalue weighted by molar-refractivity contribution is -0.137. The summed E-state index contributed by atoms with van der Waals surface area (Å²) < 4.78 is 63.1. The Morgan fingerprint density at radius 1 is 0.879 bits per heavy atom. The van der Waals surface area contributed by atoms with Crippen LogP contribution >= 0.6 is 0 Å². The van der Waals surface area contributed by atoms with Crippen molar-refractivity contribution in [2.75, 3.05) is 19.5 Å². The average Bonchev–Trinajstić information content (AvgIpc) is 2.79. The minimum absolute atomic E-state index is 0.0512. The van der Waals surface area contributed by atoms with Crippen LogP contribution in [-0.4, -0.2) is 25.2 Å². The Labute approximate surface area is 188 Å². The number of benzene rings is 3. The summed E-state index contributed by atoms with van der Waals surface area (Å²) in [5, 5.41) is 2.72. The molecule has 0 aliphatic rings. The molecule has 0 aliphatic heterocycles. The number of alkyl halides is 3. The molecule has 33 heavy (non-hydrogen) atoms. The second kappa shape index (κ2) is 10.2. The molecule has 0 atom stereocenters. The lowest BCUT2D eigenvalue weighted by atomic mass is 10.1. The molecule has 0 saturated carbocycles. The summed E-state index contributed by atoms with van der Waals surface area (Å²) in [6, 6.07) is 14.5. The predicted octanol–water partition coefficient (Wildman–Crippen LogP) is 6.10. The van der Waals surface area contributed by atoms with E-state index in [4.69, 9.17) is 9.47 Å². The zero-order valence-electron chi connectivity index (χ0n) is 17.9. The zero-order chi connectivity index (χ0) is 24.0. The van der Waals surface area contributed by atoms with Gasteiger partial charge in [-0.05, 0) is 47.5 Å². The van der Waals surface area contributed by atoms with Gasteiger partial charge in [-0.1, -0.05) is 24.3 Å². The van der Waals surface area contributed by atoms with Gasteiger partial charge in [-0.25, -0.2) is 9.18 Å². The molecule has 0 aliphatic carbocycles. The van der Waals surface area contributed by atoms with Gasteiger partial charge in [-0.2, -0.15) is 13.2 Å². The predicted molar refractivity (Wildman–Crippen MR) is 116 cm³/mol. The maximum absolute atomic E-state index is 13.3. The SMILES string of the molecule is COc1ccc(NC(=O)N(Cc2ccc(F)cc2)Cc2cccc(C(F)(F)F)c2)cc1OC. The normalized spacial score (nSPS) is 11.1. The average molecular weight is 462 g/mol. The molecular formula is C24H22F4N2O3. The molecule has 0 spiro atoms. The van der Waals surface area contributed by atoms with Crippen LogP contribution in [0.25, 0.3) is 0 Å². The van der Waals surface area contributed by atoms with Crippen LogP contribution in [0, 0.1) is 5.82 Å². The topological polar surface area (TPSA) is 50.8 Å². The van der Waals surface area contributed by atoms with E-state index in [9.17, 15) is 22.4 Å². The molecule has 0 radical (unpaired) electrons. The Balaban J connectivity index is 1.86. The lowest BCUT2D eigenvalue weighted by Crippen LogP contribution is -2.34. The number of hydrogen-bond donors (Lipinski definition) is 1. The molecule has 0 unspecified atom stereocenters. The van der Waals surface area contributed by atoms with E-state index in [1.165, 1.54) is 55.5 Å². The molecule has 1 N–H and O–H groups in total. The Morgan fingerprint density at radius 3 is 2.18 bits per heavy atom. The van der Waals surface area contributed by atoms with E-state index in [0.717, 1.165) is 12.1 Å². The van der Waals surface area contributed by atoms with Crippen molar-refractivity contribution in [3.05, 3.63) is 89.2 Å². The van der Waals surface area contributed by atoms with Gasteiger partial charge in [0.1, 0.15) is 5.82 Å². The summed E-state index contributed by atoms with van der Waals surface area (Å²) in [6.07, 6.45) is -4.50. The van der Waals surface area contributed by atoms with E-state index in [2.05, 4.69) is 5.32 Å². The number of nitrogens with zero attached hydrogens (tertiary/aromatic N) is 1. The van der Waals surface area contributed by atoms with E-state index in [1.807, 2.05) is 0 Å². The minimum Gasteiger partial charge on any atom is -0.493 e. The van der Waals surface area contributed by atoms with Gasteiger partial charge >= 0.3 is 12.2 Å². The highest BCUT2D eigenvalue weighted by Crippen LogP contribution is 2.31. The highest BCUT2D eigenvalue weighted by atomic mass is 19.4. The fourth-order valence-electron chi connectivity index (χ4n) is 3.19. The van der Waals surface area contributed by atoms with Crippen LogP contribution in [0.15, 0.2) is 66.7 Å². The molecular weight excluding hydrogens is 440 g/mol. The van der Waals surface area contributed by atoms with Crippen molar-refractivity contribution >= 4 is 11.7 Å². The summed E-state index contributed by atoms with van der Waals surface area (Å²) in [5.41, 5.74) is 0.521. The second-order valence-corrected chi connectivity index (χ2v) is 7.18. The molecule has 3 aromatic rings. The summed E-state index contributed by atoms with van der Waals surface area (Å²) in [7, 11) is 2.94. The van der Waals surface area contributed by atoms with Crippen LogP contribution < -0.4 is 14.8 Å². The highest BCUT2D eigenvalue weighted by molar-refractivity contribution is 5.89. The standard InChI is InChI=1S/C24H22F4N2O3/c1-32-21-11-10-20(13-22(21)33-2)29-23(31)30(14-16-6-8-19(25)9-7-16)15-17-4-3-5-18(12-17)24(26,27)28/h3-13H,14-15H2,1-2H3,(H,29,31). The third-order valence-corrected chi connectivity index (χ3v) is 4.84. The number of ether oxygens (including phenoxy) is 2. The number of carbonyl (C=O) groups is 1. The van der Waals surface area contributed by atoms with Crippen molar-refractivity contribution < 1.29 is 31.8 Å². The van der Waals surface area contributed by atoms with E-state index < -0.39 is 23.6 Å². The first-order valence-corrected chi connectivity index (χ1v) is 9.88. The lowest BCUT2D eigenvalue weighted by Gasteiger charge is -2.24. The number of urea groups is 1. The maximum atomic E-state index is 13.3. The number of rotatable bonds is 7. The van der Waals surface area contributed by atoms with Gasteiger partial charge in [0.2, 0.25) is 0 Å². The van der Waals surface area contributed by atoms with Gasteiger partial charge in [0.25, 0.3) is 0 Å². The third kappa shape index (κ3) is 6.38. The fourth-order valence-corrected chi connectivity index (χ4v) is 3.19. The Morgan fingerprint density at radius 2 is 1.55 bits per heavy atom. The zero-order valence-corrected chi connectivity index (χ0v) is 17.9. The van der Waals surface area contributed by atoms with Crippen LogP contribution in [0.5, 0.6) is 11.5 Å². The van der Waals surface area contributed by atoms with E-state index in [0.29, 0.717) is 28.3 Å². The summed E-state index contributed by atoms with van der Waals surface area (Å²) in [5.74, 6) is 0.443. The van der Waals surface area contributed by atoms with Gasteiger partial charge in [0.05, 0.1) is 19.8 Å².